The summed E-state index contributed by atoms with van der Waals surface area (Å²) in [4.78, 5) is 22.7. The Morgan fingerprint density at radius 3 is 2.68 bits per heavy atom. The first kappa shape index (κ1) is 14.4. The molecule has 2 rings (SSSR count). The van der Waals surface area contributed by atoms with Gasteiger partial charge >= 0.3 is 5.97 Å². The van der Waals surface area contributed by atoms with Crippen LogP contribution in [0.15, 0.2) is 0 Å². The van der Waals surface area contributed by atoms with Crippen LogP contribution in [0, 0.1) is 0 Å². The predicted molar refractivity (Wildman–Crippen MR) is 64.3 cm³/mol. The van der Waals surface area contributed by atoms with Gasteiger partial charge in [-0.2, -0.15) is 0 Å². The van der Waals surface area contributed by atoms with Crippen molar-refractivity contribution in [2.45, 2.75) is 63.6 Å². The maximum absolute atomic E-state index is 11.6. The number of aliphatic hydroxyl groups is 1. The fraction of sp³-hybridized carbons (Fsp3) is 0.846. The first-order valence-corrected chi connectivity index (χ1v) is 6.83. The van der Waals surface area contributed by atoms with Crippen LogP contribution in [0.4, 0.5) is 0 Å². The summed E-state index contributed by atoms with van der Waals surface area (Å²) in [5, 5.41) is 9.24. The SMILES string of the molecule is CCCCCC[C@H]1OC[C@H]([C@H]2OC(=O)C(O)C2=O)O1. The number of unbranched alkanes of at least 4 members (excludes halogenated alkanes) is 3. The number of hydrogen-bond acceptors (Lipinski definition) is 6. The Morgan fingerprint density at radius 1 is 1.26 bits per heavy atom. The lowest BCUT2D eigenvalue weighted by Gasteiger charge is -2.15. The van der Waals surface area contributed by atoms with Crippen molar-refractivity contribution in [3.8, 4) is 0 Å². The number of esters is 1. The average molecular weight is 272 g/mol. The molecular weight excluding hydrogens is 252 g/mol. The first-order chi connectivity index (χ1) is 9.13. The zero-order valence-corrected chi connectivity index (χ0v) is 11.0. The Balaban J connectivity index is 1.76. The Labute approximate surface area is 112 Å². The van der Waals surface area contributed by atoms with E-state index in [9.17, 15) is 14.7 Å². The lowest BCUT2D eigenvalue weighted by Crippen LogP contribution is -2.36. The molecule has 6 heteroatoms. The number of carbonyl (C=O) groups excluding carboxylic acids is 2. The van der Waals surface area contributed by atoms with Gasteiger partial charge in [-0.25, -0.2) is 4.79 Å². The molecule has 0 amide bonds. The Hall–Kier alpha value is -0.980. The fourth-order valence-corrected chi connectivity index (χ4v) is 2.30. The molecule has 2 saturated heterocycles. The molecule has 0 radical (unpaired) electrons. The first-order valence-electron chi connectivity index (χ1n) is 6.83. The van der Waals surface area contributed by atoms with Crippen molar-refractivity contribution < 1.29 is 28.9 Å². The van der Waals surface area contributed by atoms with Crippen molar-refractivity contribution in [3.05, 3.63) is 0 Å². The normalized spacial score (nSPS) is 34.8. The van der Waals surface area contributed by atoms with Crippen LogP contribution in [0.5, 0.6) is 0 Å². The van der Waals surface area contributed by atoms with Crippen LogP contribution < -0.4 is 0 Å². The quantitative estimate of drug-likeness (QED) is 0.432. The van der Waals surface area contributed by atoms with E-state index in [1.54, 1.807) is 0 Å². The summed E-state index contributed by atoms with van der Waals surface area (Å²) in [6.45, 7) is 2.36. The minimum atomic E-state index is -1.67. The average Bonchev–Trinajstić information content (AvgIpc) is 2.96. The molecule has 2 aliphatic rings. The number of aliphatic hydroxyl groups excluding tert-OH is 1. The van der Waals surface area contributed by atoms with E-state index in [1.807, 2.05) is 0 Å². The fourth-order valence-electron chi connectivity index (χ4n) is 2.30. The summed E-state index contributed by atoms with van der Waals surface area (Å²) in [5.74, 6) is -1.53. The molecule has 6 nitrogen and oxygen atoms in total. The molecule has 0 aromatic carbocycles. The molecule has 2 aliphatic heterocycles. The summed E-state index contributed by atoms with van der Waals surface area (Å²) < 4.78 is 15.8. The van der Waals surface area contributed by atoms with Crippen LogP contribution in [0.2, 0.25) is 0 Å². The van der Waals surface area contributed by atoms with Gasteiger partial charge in [-0.05, 0) is 12.8 Å². The smallest absolute Gasteiger partial charge is 0.343 e. The zero-order valence-electron chi connectivity index (χ0n) is 11.0. The van der Waals surface area contributed by atoms with Gasteiger partial charge in [0.05, 0.1) is 6.61 Å². The molecule has 1 N–H and O–H groups in total. The number of rotatable bonds is 6. The van der Waals surface area contributed by atoms with Gasteiger partial charge in [-0.15, -0.1) is 0 Å². The lowest BCUT2D eigenvalue weighted by molar-refractivity contribution is -0.152. The molecule has 0 aromatic rings. The topological polar surface area (TPSA) is 82.1 Å². The molecule has 0 aliphatic carbocycles. The second-order valence-electron chi connectivity index (χ2n) is 4.95. The lowest BCUT2D eigenvalue weighted by atomic mass is 10.1. The van der Waals surface area contributed by atoms with Gasteiger partial charge in [0.2, 0.25) is 11.9 Å². The molecule has 0 bridgehead atoms. The highest BCUT2D eigenvalue weighted by Gasteiger charge is 2.49. The van der Waals surface area contributed by atoms with Crippen molar-refractivity contribution in [1.82, 2.24) is 0 Å². The molecule has 19 heavy (non-hydrogen) atoms. The standard InChI is InChI=1S/C13H20O6/c1-2-3-4-5-6-9-17-7-8(18-9)12-10(14)11(15)13(16)19-12/h8-9,11-12,15H,2-7H2,1H3/t8-,9+,11?,12-/m1/s1. The summed E-state index contributed by atoms with van der Waals surface area (Å²) in [6, 6.07) is 0. The number of ketones is 1. The van der Waals surface area contributed by atoms with Gasteiger partial charge in [0.25, 0.3) is 0 Å². The maximum Gasteiger partial charge on any atom is 0.343 e. The number of hydrogen-bond donors (Lipinski definition) is 1. The number of Topliss-reactive ketones (excluding diaryl/α,β-unsaturated/α-hetero) is 1. The summed E-state index contributed by atoms with van der Waals surface area (Å²) in [5.41, 5.74) is 0. The van der Waals surface area contributed by atoms with Crippen molar-refractivity contribution >= 4 is 11.8 Å². The van der Waals surface area contributed by atoms with Crippen molar-refractivity contribution in [1.29, 1.82) is 0 Å². The van der Waals surface area contributed by atoms with Crippen molar-refractivity contribution in [3.63, 3.8) is 0 Å². The highest BCUT2D eigenvalue weighted by Crippen LogP contribution is 2.25. The third-order valence-electron chi connectivity index (χ3n) is 3.42. The van der Waals surface area contributed by atoms with Crippen molar-refractivity contribution in [2.24, 2.45) is 0 Å². The van der Waals surface area contributed by atoms with Gasteiger partial charge in [0.1, 0.15) is 6.10 Å². The van der Waals surface area contributed by atoms with Gasteiger partial charge in [0, 0.05) is 0 Å². The van der Waals surface area contributed by atoms with E-state index < -0.39 is 30.1 Å². The zero-order chi connectivity index (χ0) is 13.8. The van der Waals surface area contributed by atoms with Crippen LogP contribution in [-0.2, 0) is 23.8 Å². The van der Waals surface area contributed by atoms with E-state index in [1.165, 1.54) is 12.8 Å². The molecule has 0 aromatic heterocycles. The molecule has 0 spiro atoms. The number of ether oxygens (including phenoxy) is 3. The molecule has 2 fully saturated rings. The molecule has 108 valence electrons. The Kier molecular flexibility index (Phi) is 4.90. The second kappa shape index (κ2) is 6.45. The minimum Gasteiger partial charge on any atom is -0.449 e. The largest absolute Gasteiger partial charge is 0.449 e. The van der Waals surface area contributed by atoms with Crippen LogP contribution in [0.25, 0.3) is 0 Å². The van der Waals surface area contributed by atoms with Gasteiger partial charge in [-0.3, -0.25) is 4.79 Å². The van der Waals surface area contributed by atoms with E-state index in [0.717, 1.165) is 19.3 Å². The highest BCUT2D eigenvalue weighted by atomic mass is 16.7. The Bertz CT molecular complexity index is 342. The summed E-state index contributed by atoms with van der Waals surface area (Å²) >= 11 is 0. The van der Waals surface area contributed by atoms with E-state index in [-0.39, 0.29) is 12.9 Å². The second-order valence-corrected chi connectivity index (χ2v) is 4.95. The van der Waals surface area contributed by atoms with E-state index in [0.29, 0.717) is 0 Å². The van der Waals surface area contributed by atoms with Gasteiger partial charge in [0.15, 0.2) is 12.4 Å². The van der Waals surface area contributed by atoms with Crippen LogP contribution >= 0.6 is 0 Å². The molecular formula is C13H20O6. The molecule has 4 atom stereocenters. The number of cyclic esters (lactones) is 1. The van der Waals surface area contributed by atoms with Gasteiger partial charge < -0.3 is 19.3 Å². The van der Waals surface area contributed by atoms with E-state index >= 15 is 0 Å². The number of carbonyl (C=O) groups is 2. The predicted octanol–water partition coefficient (Wildman–Crippen LogP) is 0.554. The summed E-state index contributed by atoms with van der Waals surface area (Å²) in [7, 11) is 0. The maximum atomic E-state index is 11.6. The van der Waals surface area contributed by atoms with Crippen LogP contribution in [-0.4, -0.2) is 48.1 Å². The molecule has 1 unspecified atom stereocenters. The Morgan fingerprint density at radius 2 is 2.05 bits per heavy atom. The van der Waals surface area contributed by atoms with E-state index in [4.69, 9.17) is 14.2 Å². The van der Waals surface area contributed by atoms with E-state index in [2.05, 4.69) is 6.92 Å². The third kappa shape index (κ3) is 3.32. The van der Waals surface area contributed by atoms with Crippen molar-refractivity contribution in [2.75, 3.05) is 6.61 Å². The molecule has 2 heterocycles. The van der Waals surface area contributed by atoms with Gasteiger partial charge in [-0.1, -0.05) is 26.2 Å². The summed E-state index contributed by atoms with van der Waals surface area (Å²) in [6.07, 6.45) is 1.62. The molecule has 0 saturated carbocycles. The highest BCUT2D eigenvalue weighted by molar-refractivity contribution is 6.09. The minimum absolute atomic E-state index is 0.217. The monoisotopic (exact) mass is 272 g/mol. The van der Waals surface area contributed by atoms with Crippen LogP contribution in [0.1, 0.15) is 39.0 Å². The third-order valence-corrected chi connectivity index (χ3v) is 3.42. The van der Waals surface area contributed by atoms with Crippen LogP contribution in [0.3, 0.4) is 0 Å².